The Hall–Kier alpha value is -1.06. The van der Waals surface area contributed by atoms with Crippen molar-refractivity contribution >= 4 is 17.6 Å². The van der Waals surface area contributed by atoms with Crippen LogP contribution in [0, 0.1) is 6.92 Å². The van der Waals surface area contributed by atoms with Gasteiger partial charge in [-0.2, -0.15) is 0 Å². The molecule has 1 aromatic carbocycles. The molecule has 0 aliphatic rings. The van der Waals surface area contributed by atoms with E-state index in [1.807, 2.05) is 25.1 Å². The first-order valence-corrected chi connectivity index (χ1v) is 5.04. The fourth-order valence-electron chi connectivity index (χ4n) is 1.20. The number of rotatable bonds is 4. The number of aryl methyl sites for hydroxylation is 1. The molecule has 0 saturated heterocycles. The van der Waals surface area contributed by atoms with Crippen molar-refractivity contribution in [2.45, 2.75) is 13.5 Å². The van der Waals surface area contributed by atoms with E-state index in [0.717, 1.165) is 16.1 Å². The van der Waals surface area contributed by atoms with Gasteiger partial charge in [-0.3, -0.25) is 4.79 Å². The average Bonchev–Trinajstić information content (AvgIpc) is 2.23. The summed E-state index contributed by atoms with van der Waals surface area (Å²) < 4.78 is 4.51. The molecule has 0 heterocycles. The Morgan fingerprint density at radius 3 is 2.87 bits per heavy atom. The largest absolute Gasteiger partial charge is 0.468 e. The molecule has 0 aliphatic carbocycles. The van der Waals surface area contributed by atoms with Gasteiger partial charge in [0.1, 0.15) is 0 Å². The number of hydrogen-bond donors (Lipinski definition) is 1. The second-order valence-corrected chi connectivity index (χ2v) is 3.67. The molecule has 4 heteroatoms. The van der Waals surface area contributed by atoms with Gasteiger partial charge in [-0.1, -0.05) is 23.7 Å². The summed E-state index contributed by atoms with van der Waals surface area (Å²) in [6.07, 6.45) is 0. The lowest BCUT2D eigenvalue weighted by atomic mass is 10.1. The van der Waals surface area contributed by atoms with E-state index < -0.39 is 0 Å². The molecule has 3 nitrogen and oxygen atoms in total. The standard InChI is InChI=1S/C11H14ClNO2/c1-8-5-9(3-4-10(8)12)6-13-7-11(14)15-2/h3-5,13H,6-7H2,1-2H3. The van der Waals surface area contributed by atoms with Crippen molar-refractivity contribution in [3.05, 3.63) is 34.3 Å². The highest BCUT2D eigenvalue weighted by atomic mass is 35.5. The highest BCUT2D eigenvalue weighted by molar-refractivity contribution is 6.31. The van der Waals surface area contributed by atoms with Crippen LogP contribution in [0.25, 0.3) is 0 Å². The lowest BCUT2D eigenvalue weighted by Gasteiger charge is -2.05. The molecule has 0 aliphatic heterocycles. The van der Waals surface area contributed by atoms with E-state index in [0.29, 0.717) is 6.54 Å². The van der Waals surface area contributed by atoms with E-state index in [2.05, 4.69) is 10.1 Å². The molecule has 0 amide bonds. The third kappa shape index (κ3) is 3.90. The minimum atomic E-state index is -0.263. The average molecular weight is 228 g/mol. The quantitative estimate of drug-likeness (QED) is 0.799. The van der Waals surface area contributed by atoms with E-state index in [1.54, 1.807) is 0 Å². The van der Waals surface area contributed by atoms with Crippen LogP contribution in [-0.2, 0) is 16.1 Å². The van der Waals surface area contributed by atoms with Crippen molar-refractivity contribution in [3.8, 4) is 0 Å². The van der Waals surface area contributed by atoms with Crippen molar-refractivity contribution < 1.29 is 9.53 Å². The van der Waals surface area contributed by atoms with Crippen LogP contribution in [0.1, 0.15) is 11.1 Å². The van der Waals surface area contributed by atoms with Crippen LogP contribution in [0.3, 0.4) is 0 Å². The molecule has 82 valence electrons. The van der Waals surface area contributed by atoms with Gasteiger partial charge >= 0.3 is 5.97 Å². The topological polar surface area (TPSA) is 38.3 Å². The van der Waals surface area contributed by atoms with Gasteiger partial charge in [0.25, 0.3) is 0 Å². The second-order valence-electron chi connectivity index (χ2n) is 3.26. The molecule has 0 aromatic heterocycles. The first-order chi connectivity index (χ1) is 7.13. The maximum Gasteiger partial charge on any atom is 0.319 e. The van der Waals surface area contributed by atoms with Crippen LogP contribution in [-0.4, -0.2) is 19.6 Å². The number of carbonyl (C=O) groups excluding carboxylic acids is 1. The van der Waals surface area contributed by atoms with Crippen LogP contribution in [0.15, 0.2) is 18.2 Å². The van der Waals surface area contributed by atoms with Crippen LogP contribution in [0.5, 0.6) is 0 Å². The predicted molar refractivity (Wildman–Crippen MR) is 59.9 cm³/mol. The molecular formula is C11H14ClNO2. The summed E-state index contributed by atoms with van der Waals surface area (Å²) in [6, 6.07) is 5.78. The fourth-order valence-corrected chi connectivity index (χ4v) is 1.32. The Morgan fingerprint density at radius 1 is 1.53 bits per heavy atom. The SMILES string of the molecule is COC(=O)CNCc1ccc(Cl)c(C)c1. The van der Waals surface area contributed by atoms with Crippen LogP contribution >= 0.6 is 11.6 Å². The van der Waals surface area contributed by atoms with E-state index in [-0.39, 0.29) is 12.5 Å². The number of esters is 1. The Balaban J connectivity index is 2.44. The maximum atomic E-state index is 10.8. The van der Waals surface area contributed by atoms with Gasteiger partial charge in [-0.15, -0.1) is 0 Å². The lowest BCUT2D eigenvalue weighted by Crippen LogP contribution is -2.23. The van der Waals surface area contributed by atoms with Crippen molar-refractivity contribution in [1.29, 1.82) is 0 Å². The van der Waals surface area contributed by atoms with Gasteiger partial charge in [-0.05, 0) is 24.1 Å². The maximum absolute atomic E-state index is 10.8. The van der Waals surface area contributed by atoms with Gasteiger partial charge in [0, 0.05) is 11.6 Å². The molecule has 0 spiro atoms. The minimum Gasteiger partial charge on any atom is -0.468 e. The van der Waals surface area contributed by atoms with E-state index in [9.17, 15) is 4.79 Å². The number of benzene rings is 1. The van der Waals surface area contributed by atoms with Crippen molar-refractivity contribution in [1.82, 2.24) is 5.32 Å². The van der Waals surface area contributed by atoms with Gasteiger partial charge in [0.2, 0.25) is 0 Å². The van der Waals surface area contributed by atoms with Gasteiger partial charge in [-0.25, -0.2) is 0 Å². The normalized spacial score (nSPS) is 10.1. The zero-order chi connectivity index (χ0) is 11.3. The lowest BCUT2D eigenvalue weighted by molar-refractivity contribution is -0.139. The summed E-state index contributed by atoms with van der Waals surface area (Å²) in [6.45, 7) is 2.80. The Bertz CT molecular complexity index is 352. The molecule has 0 radical (unpaired) electrons. The Morgan fingerprint density at radius 2 is 2.27 bits per heavy atom. The fraction of sp³-hybridized carbons (Fsp3) is 0.364. The summed E-state index contributed by atoms with van der Waals surface area (Å²) in [5.41, 5.74) is 2.13. The minimum absolute atomic E-state index is 0.220. The first-order valence-electron chi connectivity index (χ1n) is 4.66. The van der Waals surface area contributed by atoms with Crippen LogP contribution < -0.4 is 5.32 Å². The highest BCUT2D eigenvalue weighted by Crippen LogP contribution is 2.15. The van der Waals surface area contributed by atoms with Crippen molar-refractivity contribution in [3.63, 3.8) is 0 Å². The zero-order valence-corrected chi connectivity index (χ0v) is 9.60. The zero-order valence-electron chi connectivity index (χ0n) is 8.84. The number of hydrogen-bond acceptors (Lipinski definition) is 3. The van der Waals surface area contributed by atoms with Gasteiger partial charge < -0.3 is 10.1 Å². The molecular weight excluding hydrogens is 214 g/mol. The Labute approximate surface area is 94.4 Å². The predicted octanol–water partition coefficient (Wildman–Crippen LogP) is 1.91. The summed E-state index contributed by atoms with van der Waals surface area (Å²) in [7, 11) is 1.37. The van der Waals surface area contributed by atoms with Gasteiger partial charge in [0.15, 0.2) is 0 Å². The van der Waals surface area contributed by atoms with Gasteiger partial charge in [0.05, 0.1) is 13.7 Å². The van der Waals surface area contributed by atoms with E-state index >= 15 is 0 Å². The third-order valence-electron chi connectivity index (χ3n) is 2.05. The summed E-state index contributed by atoms with van der Waals surface area (Å²) in [5.74, 6) is -0.263. The molecule has 1 rings (SSSR count). The molecule has 0 bridgehead atoms. The van der Waals surface area contributed by atoms with E-state index in [1.165, 1.54) is 7.11 Å². The third-order valence-corrected chi connectivity index (χ3v) is 2.47. The van der Waals surface area contributed by atoms with Crippen molar-refractivity contribution in [2.75, 3.05) is 13.7 Å². The molecule has 0 fully saturated rings. The molecule has 0 saturated carbocycles. The molecule has 1 N–H and O–H groups in total. The second kappa shape index (κ2) is 5.73. The first kappa shape index (κ1) is 12.0. The highest BCUT2D eigenvalue weighted by Gasteiger charge is 2.00. The summed E-state index contributed by atoms with van der Waals surface area (Å²) in [4.78, 5) is 10.8. The number of halogens is 1. The van der Waals surface area contributed by atoms with Crippen molar-refractivity contribution in [2.24, 2.45) is 0 Å². The summed E-state index contributed by atoms with van der Waals surface area (Å²) in [5, 5.41) is 3.74. The smallest absolute Gasteiger partial charge is 0.319 e. The summed E-state index contributed by atoms with van der Waals surface area (Å²) >= 11 is 5.89. The molecule has 1 aromatic rings. The number of methoxy groups -OCH3 is 1. The molecule has 0 unspecified atom stereocenters. The van der Waals surface area contributed by atoms with Crippen LogP contribution in [0.2, 0.25) is 5.02 Å². The van der Waals surface area contributed by atoms with E-state index in [4.69, 9.17) is 11.6 Å². The Kier molecular flexibility index (Phi) is 4.59. The monoisotopic (exact) mass is 227 g/mol. The molecule has 0 atom stereocenters. The van der Waals surface area contributed by atoms with Crippen LogP contribution in [0.4, 0.5) is 0 Å². The molecule has 15 heavy (non-hydrogen) atoms. The number of nitrogens with one attached hydrogen (secondary N) is 1. The number of ether oxygens (including phenoxy) is 1. The number of carbonyl (C=O) groups is 1.